The molecule has 1 unspecified atom stereocenters. The van der Waals surface area contributed by atoms with E-state index in [4.69, 9.17) is 5.73 Å². The molecule has 1 atom stereocenters. The van der Waals surface area contributed by atoms with Gasteiger partial charge in [-0.3, -0.25) is 0 Å². The van der Waals surface area contributed by atoms with Crippen LogP contribution in [-0.4, -0.2) is 10.6 Å². The van der Waals surface area contributed by atoms with Crippen LogP contribution in [0.25, 0.3) is 10.9 Å². The lowest BCUT2D eigenvalue weighted by Gasteiger charge is -2.07. The molecule has 3 heteroatoms. The number of nitrogens with two attached hydrogens (primary N) is 1. The molecule has 0 amide bonds. The van der Waals surface area contributed by atoms with Crippen LogP contribution in [0.2, 0.25) is 0 Å². The lowest BCUT2D eigenvalue weighted by molar-refractivity contribution is 0.717. The van der Waals surface area contributed by atoms with Crippen LogP contribution in [0.5, 0.6) is 0 Å². The average molecular weight is 257 g/mol. The summed E-state index contributed by atoms with van der Waals surface area (Å²) in [6.45, 7) is 9.55. The first kappa shape index (κ1) is 12.7. The zero-order valence-corrected chi connectivity index (χ0v) is 12.1. The maximum Gasteiger partial charge on any atom is 0.0488 e. The maximum atomic E-state index is 6.03. The molecule has 1 aromatic carbocycles. The topological polar surface area (TPSA) is 43.0 Å². The molecule has 0 aliphatic carbocycles. The van der Waals surface area contributed by atoms with Crippen molar-refractivity contribution in [3.05, 3.63) is 34.5 Å². The molecule has 0 saturated carbocycles. The molecule has 0 saturated heterocycles. The van der Waals surface area contributed by atoms with Gasteiger partial charge in [-0.15, -0.1) is 0 Å². The number of aryl methyl sites for hydroxylation is 1. The third-order valence-electron chi connectivity index (χ3n) is 4.25. The van der Waals surface area contributed by atoms with Crippen molar-refractivity contribution < 1.29 is 0 Å². The van der Waals surface area contributed by atoms with Crippen LogP contribution in [0.15, 0.2) is 12.1 Å². The van der Waals surface area contributed by atoms with Crippen LogP contribution in [0.1, 0.15) is 36.2 Å². The number of aromatic nitrogens is 1. The monoisotopic (exact) mass is 257 g/mol. The SMILES string of the molecule is CCn1c(C)c(CC(C)N)c2cc3c(cc21)CNC3. The van der Waals surface area contributed by atoms with Crippen LogP contribution in [0.3, 0.4) is 0 Å². The first-order valence-corrected chi connectivity index (χ1v) is 7.21. The molecule has 0 spiro atoms. The summed E-state index contributed by atoms with van der Waals surface area (Å²) in [7, 11) is 0. The highest BCUT2D eigenvalue weighted by Crippen LogP contribution is 2.31. The molecule has 0 bridgehead atoms. The fraction of sp³-hybridized carbons (Fsp3) is 0.500. The van der Waals surface area contributed by atoms with E-state index in [0.717, 1.165) is 26.1 Å². The van der Waals surface area contributed by atoms with Crippen molar-refractivity contribution in [1.29, 1.82) is 0 Å². The molecule has 3 rings (SSSR count). The first-order valence-electron chi connectivity index (χ1n) is 7.21. The predicted molar refractivity (Wildman–Crippen MR) is 80.2 cm³/mol. The van der Waals surface area contributed by atoms with Crippen molar-refractivity contribution in [2.24, 2.45) is 5.73 Å². The van der Waals surface area contributed by atoms with E-state index >= 15 is 0 Å². The Morgan fingerprint density at radius 1 is 1.32 bits per heavy atom. The number of nitrogens with one attached hydrogen (secondary N) is 1. The Hall–Kier alpha value is -1.32. The van der Waals surface area contributed by atoms with Gasteiger partial charge in [-0.1, -0.05) is 0 Å². The zero-order chi connectivity index (χ0) is 13.6. The highest BCUT2D eigenvalue weighted by atomic mass is 15.0. The molecule has 2 aromatic rings. The molecule has 1 aromatic heterocycles. The standard InChI is InChI=1S/C16H23N3/c1-4-19-11(3)14(5-10(2)17)15-6-12-8-18-9-13(12)7-16(15)19/h6-7,10,18H,4-5,8-9,17H2,1-3H3. The van der Waals surface area contributed by atoms with Crippen molar-refractivity contribution in [3.63, 3.8) is 0 Å². The van der Waals surface area contributed by atoms with Crippen molar-refractivity contribution in [3.8, 4) is 0 Å². The van der Waals surface area contributed by atoms with E-state index in [-0.39, 0.29) is 6.04 Å². The Bertz CT molecular complexity index is 623. The number of benzene rings is 1. The Balaban J connectivity index is 2.26. The molecular formula is C16H23N3. The number of fused-ring (bicyclic) bond motifs is 2. The summed E-state index contributed by atoms with van der Waals surface area (Å²) in [4.78, 5) is 0. The summed E-state index contributed by atoms with van der Waals surface area (Å²) < 4.78 is 2.42. The minimum absolute atomic E-state index is 0.209. The molecule has 3 nitrogen and oxygen atoms in total. The molecule has 19 heavy (non-hydrogen) atoms. The van der Waals surface area contributed by atoms with Crippen LogP contribution in [0.4, 0.5) is 0 Å². The van der Waals surface area contributed by atoms with E-state index in [9.17, 15) is 0 Å². The minimum Gasteiger partial charge on any atom is -0.345 e. The average Bonchev–Trinajstić information content (AvgIpc) is 2.91. The molecule has 3 N–H and O–H groups in total. The van der Waals surface area contributed by atoms with Gasteiger partial charge < -0.3 is 15.6 Å². The summed E-state index contributed by atoms with van der Waals surface area (Å²) in [5.74, 6) is 0. The van der Waals surface area contributed by atoms with Gasteiger partial charge in [-0.05, 0) is 56.0 Å². The van der Waals surface area contributed by atoms with Gasteiger partial charge in [0.25, 0.3) is 0 Å². The van der Waals surface area contributed by atoms with Crippen LogP contribution in [0, 0.1) is 6.92 Å². The lowest BCUT2D eigenvalue weighted by Crippen LogP contribution is -2.18. The molecule has 1 aliphatic rings. The largest absolute Gasteiger partial charge is 0.345 e. The van der Waals surface area contributed by atoms with Gasteiger partial charge in [0.2, 0.25) is 0 Å². The fourth-order valence-electron chi connectivity index (χ4n) is 3.33. The third kappa shape index (κ3) is 1.97. The van der Waals surface area contributed by atoms with E-state index in [1.807, 2.05) is 0 Å². The van der Waals surface area contributed by atoms with Crippen molar-refractivity contribution in [2.75, 3.05) is 0 Å². The smallest absolute Gasteiger partial charge is 0.0488 e. The van der Waals surface area contributed by atoms with Crippen molar-refractivity contribution >= 4 is 10.9 Å². The summed E-state index contributed by atoms with van der Waals surface area (Å²) >= 11 is 0. The van der Waals surface area contributed by atoms with Crippen LogP contribution in [-0.2, 0) is 26.1 Å². The predicted octanol–water partition coefficient (Wildman–Crippen LogP) is 2.46. The minimum atomic E-state index is 0.209. The normalized spacial score (nSPS) is 16.0. The Morgan fingerprint density at radius 3 is 2.63 bits per heavy atom. The van der Waals surface area contributed by atoms with Gasteiger partial charge >= 0.3 is 0 Å². The second-order valence-electron chi connectivity index (χ2n) is 5.73. The second kappa shape index (κ2) is 4.66. The van der Waals surface area contributed by atoms with E-state index in [1.165, 1.54) is 33.3 Å². The number of hydrogen-bond acceptors (Lipinski definition) is 2. The zero-order valence-electron chi connectivity index (χ0n) is 12.1. The third-order valence-corrected chi connectivity index (χ3v) is 4.25. The van der Waals surface area contributed by atoms with Gasteiger partial charge in [0, 0.05) is 42.3 Å². The van der Waals surface area contributed by atoms with Gasteiger partial charge in [0.15, 0.2) is 0 Å². The van der Waals surface area contributed by atoms with E-state index in [2.05, 4.69) is 42.8 Å². The molecule has 1 aliphatic heterocycles. The highest BCUT2D eigenvalue weighted by molar-refractivity contribution is 5.87. The maximum absolute atomic E-state index is 6.03. The summed E-state index contributed by atoms with van der Waals surface area (Å²) in [5.41, 5.74) is 13.1. The first-order chi connectivity index (χ1) is 9.11. The number of hydrogen-bond donors (Lipinski definition) is 2. The van der Waals surface area contributed by atoms with Crippen LogP contribution < -0.4 is 11.1 Å². The molecule has 2 heterocycles. The van der Waals surface area contributed by atoms with Gasteiger partial charge in [-0.2, -0.15) is 0 Å². The quantitative estimate of drug-likeness (QED) is 0.887. The van der Waals surface area contributed by atoms with Crippen molar-refractivity contribution in [1.82, 2.24) is 9.88 Å². The molecular weight excluding hydrogens is 234 g/mol. The number of nitrogens with zero attached hydrogens (tertiary/aromatic N) is 1. The Kier molecular flexibility index (Phi) is 3.11. The molecule has 0 radical (unpaired) electrons. The Morgan fingerprint density at radius 2 is 2.00 bits per heavy atom. The summed E-state index contributed by atoms with van der Waals surface area (Å²) in [5, 5.41) is 4.83. The molecule has 0 fully saturated rings. The summed E-state index contributed by atoms with van der Waals surface area (Å²) in [6.07, 6.45) is 0.960. The fourth-order valence-corrected chi connectivity index (χ4v) is 3.33. The second-order valence-corrected chi connectivity index (χ2v) is 5.73. The lowest BCUT2D eigenvalue weighted by atomic mass is 10.0. The summed E-state index contributed by atoms with van der Waals surface area (Å²) in [6, 6.07) is 4.95. The van der Waals surface area contributed by atoms with Gasteiger partial charge in [0.05, 0.1) is 0 Å². The van der Waals surface area contributed by atoms with Crippen LogP contribution >= 0.6 is 0 Å². The van der Waals surface area contributed by atoms with Crippen molar-refractivity contribution in [2.45, 2.75) is 52.9 Å². The highest BCUT2D eigenvalue weighted by Gasteiger charge is 2.18. The molecule has 102 valence electrons. The van der Waals surface area contributed by atoms with E-state index < -0.39 is 0 Å². The number of rotatable bonds is 3. The van der Waals surface area contributed by atoms with E-state index in [0.29, 0.717) is 0 Å². The van der Waals surface area contributed by atoms with Gasteiger partial charge in [0.1, 0.15) is 0 Å². The van der Waals surface area contributed by atoms with E-state index in [1.54, 1.807) is 0 Å². The Labute approximate surface area is 114 Å². The van der Waals surface area contributed by atoms with Gasteiger partial charge in [-0.25, -0.2) is 0 Å².